The Hall–Kier alpha value is -1.52. The molecular formula is C14H15F3O2. The van der Waals surface area contributed by atoms with Gasteiger partial charge in [0, 0.05) is 11.8 Å². The van der Waals surface area contributed by atoms with Crippen molar-refractivity contribution in [3.8, 4) is 5.75 Å². The third kappa shape index (κ3) is 2.22. The SMILES string of the molecule is COc1ccccc1C1C(C(=O)C(F)(F)F)C1(C)C. The van der Waals surface area contributed by atoms with Gasteiger partial charge in [0.05, 0.1) is 7.11 Å². The lowest BCUT2D eigenvalue weighted by Gasteiger charge is -2.08. The van der Waals surface area contributed by atoms with Crippen LogP contribution in [-0.4, -0.2) is 19.1 Å². The van der Waals surface area contributed by atoms with Crippen LogP contribution < -0.4 is 4.74 Å². The second kappa shape index (κ2) is 4.25. The molecular weight excluding hydrogens is 257 g/mol. The van der Waals surface area contributed by atoms with Crippen molar-refractivity contribution in [2.45, 2.75) is 25.9 Å². The van der Waals surface area contributed by atoms with Crippen LogP contribution in [0.3, 0.4) is 0 Å². The van der Waals surface area contributed by atoms with Gasteiger partial charge in [-0.15, -0.1) is 0 Å². The number of Topliss-reactive ketones (excluding diaryl/α,β-unsaturated/α-hetero) is 1. The van der Waals surface area contributed by atoms with E-state index in [0.29, 0.717) is 11.3 Å². The van der Waals surface area contributed by atoms with Gasteiger partial charge in [-0.25, -0.2) is 0 Å². The molecule has 0 N–H and O–H groups in total. The quantitative estimate of drug-likeness (QED) is 0.841. The number of benzene rings is 1. The third-order valence-electron chi connectivity index (χ3n) is 3.86. The lowest BCUT2D eigenvalue weighted by atomic mass is 10.0. The number of carbonyl (C=O) groups is 1. The molecule has 0 aliphatic heterocycles. The Balaban J connectivity index is 2.35. The van der Waals surface area contributed by atoms with Crippen LogP contribution in [0.25, 0.3) is 0 Å². The van der Waals surface area contributed by atoms with E-state index in [1.807, 2.05) is 0 Å². The van der Waals surface area contributed by atoms with Gasteiger partial charge in [-0.2, -0.15) is 13.2 Å². The minimum Gasteiger partial charge on any atom is -0.496 e. The van der Waals surface area contributed by atoms with Gasteiger partial charge < -0.3 is 4.74 Å². The summed E-state index contributed by atoms with van der Waals surface area (Å²) in [5.41, 5.74) is -0.0288. The fourth-order valence-corrected chi connectivity index (χ4v) is 2.81. The van der Waals surface area contributed by atoms with Crippen LogP contribution in [0.4, 0.5) is 13.2 Å². The first-order valence-electron chi connectivity index (χ1n) is 5.95. The maximum atomic E-state index is 12.6. The Morgan fingerprint density at radius 3 is 2.37 bits per heavy atom. The Morgan fingerprint density at radius 1 is 1.26 bits per heavy atom. The van der Waals surface area contributed by atoms with Gasteiger partial charge in [0.25, 0.3) is 0 Å². The molecule has 2 rings (SSSR count). The molecule has 2 unspecified atom stereocenters. The fourth-order valence-electron chi connectivity index (χ4n) is 2.81. The molecule has 2 atom stereocenters. The van der Waals surface area contributed by atoms with Crippen LogP contribution >= 0.6 is 0 Å². The normalized spacial score (nSPS) is 24.9. The van der Waals surface area contributed by atoms with Gasteiger partial charge in [0.2, 0.25) is 5.78 Å². The van der Waals surface area contributed by atoms with E-state index in [1.165, 1.54) is 7.11 Å². The summed E-state index contributed by atoms with van der Waals surface area (Å²) in [6, 6.07) is 6.90. The van der Waals surface area contributed by atoms with E-state index >= 15 is 0 Å². The Labute approximate surface area is 109 Å². The Morgan fingerprint density at radius 2 is 1.84 bits per heavy atom. The van der Waals surface area contributed by atoms with Crippen molar-refractivity contribution in [2.24, 2.45) is 11.3 Å². The lowest BCUT2D eigenvalue weighted by Crippen LogP contribution is -2.26. The number of alkyl halides is 3. The molecule has 0 heterocycles. The number of ether oxygens (including phenoxy) is 1. The predicted molar refractivity (Wildman–Crippen MR) is 64.1 cm³/mol. The average molecular weight is 272 g/mol. The summed E-state index contributed by atoms with van der Waals surface area (Å²) in [5.74, 6) is -2.59. The smallest absolute Gasteiger partial charge is 0.450 e. The molecule has 0 aromatic heterocycles. The van der Waals surface area contributed by atoms with Crippen LogP contribution in [0.1, 0.15) is 25.3 Å². The molecule has 1 fully saturated rings. The zero-order valence-electron chi connectivity index (χ0n) is 10.9. The third-order valence-corrected chi connectivity index (χ3v) is 3.86. The van der Waals surface area contributed by atoms with Crippen molar-refractivity contribution >= 4 is 5.78 Å². The van der Waals surface area contributed by atoms with Crippen molar-refractivity contribution in [3.63, 3.8) is 0 Å². The summed E-state index contributed by atoms with van der Waals surface area (Å²) < 4.78 is 42.9. The first-order valence-corrected chi connectivity index (χ1v) is 5.95. The highest BCUT2D eigenvalue weighted by Gasteiger charge is 2.67. The van der Waals surface area contributed by atoms with Gasteiger partial charge in [-0.3, -0.25) is 4.79 Å². The van der Waals surface area contributed by atoms with E-state index in [0.717, 1.165) is 0 Å². The molecule has 0 saturated heterocycles. The highest BCUT2D eigenvalue weighted by molar-refractivity contribution is 5.91. The highest BCUT2D eigenvalue weighted by atomic mass is 19.4. The summed E-state index contributed by atoms with van der Waals surface area (Å²) in [4.78, 5) is 11.5. The van der Waals surface area contributed by atoms with Crippen molar-refractivity contribution in [1.82, 2.24) is 0 Å². The summed E-state index contributed by atoms with van der Waals surface area (Å²) in [6.07, 6.45) is -4.78. The van der Waals surface area contributed by atoms with Crippen molar-refractivity contribution < 1.29 is 22.7 Å². The van der Waals surface area contributed by atoms with Crippen LogP contribution in [-0.2, 0) is 4.79 Å². The van der Waals surface area contributed by atoms with E-state index in [2.05, 4.69) is 0 Å². The lowest BCUT2D eigenvalue weighted by molar-refractivity contribution is -0.173. The number of methoxy groups -OCH3 is 1. The molecule has 0 bridgehead atoms. The van der Waals surface area contributed by atoms with Crippen LogP contribution in [0.2, 0.25) is 0 Å². The number of rotatable bonds is 3. The number of carbonyl (C=O) groups excluding carboxylic acids is 1. The second-order valence-electron chi connectivity index (χ2n) is 5.38. The zero-order chi connectivity index (χ0) is 14.4. The monoisotopic (exact) mass is 272 g/mol. The van der Waals surface area contributed by atoms with Crippen molar-refractivity contribution in [3.05, 3.63) is 29.8 Å². The van der Waals surface area contributed by atoms with Gasteiger partial charge in [-0.1, -0.05) is 32.0 Å². The molecule has 1 aromatic rings. The molecule has 2 nitrogen and oxygen atoms in total. The van der Waals surface area contributed by atoms with Crippen LogP contribution in [0, 0.1) is 11.3 Å². The first-order chi connectivity index (χ1) is 8.71. The van der Waals surface area contributed by atoms with Gasteiger partial charge in [0.15, 0.2) is 0 Å². The highest BCUT2D eigenvalue weighted by Crippen LogP contribution is 2.67. The van der Waals surface area contributed by atoms with Crippen molar-refractivity contribution in [1.29, 1.82) is 0 Å². The van der Waals surface area contributed by atoms with Crippen molar-refractivity contribution in [2.75, 3.05) is 7.11 Å². The van der Waals surface area contributed by atoms with E-state index < -0.39 is 29.2 Å². The minimum absolute atomic E-state index is 0.447. The Bertz CT molecular complexity index is 506. The number of para-hydroxylation sites is 1. The summed E-state index contributed by atoms with van der Waals surface area (Å²) in [5, 5.41) is 0. The molecule has 0 radical (unpaired) electrons. The average Bonchev–Trinajstić information content (AvgIpc) is 2.89. The molecule has 1 aliphatic rings. The zero-order valence-corrected chi connectivity index (χ0v) is 10.9. The molecule has 1 saturated carbocycles. The molecule has 1 aromatic carbocycles. The summed E-state index contributed by atoms with van der Waals surface area (Å²) in [6.45, 7) is 3.36. The minimum atomic E-state index is -4.78. The second-order valence-corrected chi connectivity index (χ2v) is 5.38. The topological polar surface area (TPSA) is 26.3 Å². The Kier molecular flexibility index (Phi) is 3.11. The molecule has 5 heteroatoms. The molecule has 0 spiro atoms. The maximum Gasteiger partial charge on any atom is 0.450 e. The predicted octanol–water partition coefficient (Wildman–Crippen LogP) is 3.57. The molecule has 19 heavy (non-hydrogen) atoms. The van der Waals surface area contributed by atoms with E-state index in [1.54, 1.807) is 38.1 Å². The maximum absolute atomic E-state index is 12.6. The number of hydrogen-bond acceptors (Lipinski definition) is 2. The van der Waals surface area contributed by atoms with Gasteiger partial charge >= 0.3 is 6.18 Å². The molecule has 0 amide bonds. The molecule has 104 valence electrons. The first kappa shape index (κ1) is 13.9. The molecule has 1 aliphatic carbocycles. The van der Waals surface area contributed by atoms with E-state index in [4.69, 9.17) is 4.74 Å². The van der Waals surface area contributed by atoms with E-state index in [-0.39, 0.29) is 0 Å². The number of halogens is 3. The fraction of sp³-hybridized carbons (Fsp3) is 0.500. The van der Waals surface area contributed by atoms with Crippen LogP contribution in [0.5, 0.6) is 5.75 Å². The van der Waals surface area contributed by atoms with Gasteiger partial charge in [-0.05, 0) is 17.0 Å². The number of hydrogen-bond donors (Lipinski definition) is 0. The number of ketones is 1. The summed E-state index contributed by atoms with van der Waals surface area (Å²) in [7, 11) is 1.47. The standard InChI is InChI=1S/C14H15F3O2/c1-13(2)10(11(13)12(18)14(15,16)17)8-6-4-5-7-9(8)19-3/h4-7,10-11H,1-3H3. The van der Waals surface area contributed by atoms with Crippen LogP contribution in [0.15, 0.2) is 24.3 Å². The van der Waals surface area contributed by atoms with Gasteiger partial charge in [0.1, 0.15) is 5.75 Å². The summed E-state index contributed by atoms with van der Waals surface area (Å²) >= 11 is 0. The largest absolute Gasteiger partial charge is 0.496 e. The van der Waals surface area contributed by atoms with E-state index in [9.17, 15) is 18.0 Å².